The molecular formula is C21H31N3O4S. The summed E-state index contributed by atoms with van der Waals surface area (Å²) in [5.41, 5.74) is -1.42. The van der Waals surface area contributed by atoms with Crippen LogP contribution in [0.4, 0.5) is 5.69 Å². The molecular weight excluding hydrogens is 390 g/mol. The van der Waals surface area contributed by atoms with Gasteiger partial charge in [0.2, 0.25) is 5.91 Å². The fraction of sp³-hybridized carbons (Fsp3) is 0.667. The third kappa shape index (κ3) is 5.29. The summed E-state index contributed by atoms with van der Waals surface area (Å²) in [7, 11) is 0. The second kappa shape index (κ2) is 8.24. The minimum Gasteiger partial charge on any atom is -0.390 e. The van der Waals surface area contributed by atoms with E-state index < -0.39 is 16.1 Å². The van der Waals surface area contributed by atoms with Crippen molar-refractivity contribution in [3.05, 3.63) is 34.4 Å². The van der Waals surface area contributed by atoms with Crippen molar-refractivity contribution in [2.24, 2.45) is 17.8 Å². The number of aliphatic hydroxyl groups is 1. The zero-order valence-electron chi connectivity index (χ0n) is 17.5. The summed E-state index contributed by atoms with van der Waals surface area (Å²) in [5, 5.41) is 24.6. The molecule has 0 saturated heterocycles. The van der Waals surface area contributed by atoms with Crippen LogP contribution in [0.1, 0.15) is 53.4 Å². The maximum atomic E-state index is 13.0. The molecule has 5 unspecified atom stereocenters. The molecule has 2 fully saturated rings. The maximum absolute atomic E-state index is 13.0. The van der Waals surface area contributed by atoms with E-state index in [1.807, 2.05) is 20.8 Å². The first-order chi connectivity index (χ1) is 13.5. The second-order valence-electron chi connectivity index (χ2n) is 9.56. The van der Waals surface area contributed by atoms with E-state index in [2.05, 4.69) is 17.0 Å². The van der Waals surface area contributed by atoms with Crippen molar-refractivity contribution in [2.45, 2.75) is 75.5 Å². The smallest absolute Gasteiger partial charge is 0.269 e. The number of carbonyl (C=O) groups is 1. The van der Waals surface area contributed by atoms with E-state index >= 15 is 0 Å². The number of carbonyl (C=O) groups excluding carboxylic acids is 1. The SMILES string of the molecule is CC1CC2CC(CC(C)(O)C2)C1NC(=O)C(C)(C)NSc1ccc([N+](=O)[O-])cc1. The number of hydrogen-bond donors (Lipinski definition) is 3. The predicted octanol–water partition coefficient (Wildman–Crippen LogP) is 3.66. The summed E-state index contributed by atoms with van der Waals surface area (Å²) in [4.78, 5) is 24.2. The lowest BCUT2D eigenvalue weighted by Gasteiger charge is -2.49. The molecule has 0 aromatic heterocycles. The number of rotatable bonds is 6. The molecule has 0 radical (unpaired) electrons. The van der Waals surface area contributed by atoms with Crippen LogP contribution >= 0.6 is 11.9 Å². The average Bonchev–Trinajstić information content (AvgIpc) is 2.62. The number of nitrogens with one attached hydrogen (secondary N) is 2. The van der Waals surface area contributed by atoms with Gasteiger partial charge in [0, 0.05) is 23.1 Å². The zero-order valence-corrected chi connectivity index (χ0v) is 18.3. The molecule has 2 aliphatic rings. The molecule has 8 heteroatoms. The fourth-order valence-electron chi connectivity index (χ4n) is 4.92. The summed E-state index contributed by atoms with van der Waals surface area (Å²) >= 11 is 1.28. The van der Waals surface area contributed by atoms with Crippen molar-refractivity contribution in [1.29, 1.82) is 0 Å². The van der Waals surface area contributed by atoms with Crippen LogP contribution in [0.3, 0.4) is 0 Å². The van der Waals surface area contributed by atoms with E-state index in [0.717, 1.165) is 30.6 Å². The molecule has 1 amide bonds. The Labute approximate surface area is 176 Å². The van der Waals surface area contributed by atoms with Crippen molar-refractivity contribution in [3.8, 4) is 0 Å². The highest BCUT2D eigenvalue weighted by Crippen LogP contribution is 2.46. The Hall–Kier alpha value is -1.64. The van der Waals surface area contributed by atoms with Crippen LogP contribution in [0.25, 0.3) is 0 Å². The Morgan fingerprint density at radius 3 is 2.55 bits per heavy atom. The zero-order chi connectivity index (χ0) is 21.4. The summed E-state index contributed by atoms with van der Waals surface area (Å²) in [5.74, 6) is 1.15. The molecule has 3 rings (SSSR count). The first-order valence-corrected chi connectivity index (χ1v) is 11.0. The summed E-state index contributed by atoms with van der Waals surface area (Å²) in [6.45, 7) is 7.76. The lowest BCUT2D eigenvalue weighted by Crippen LogP contribution is -2.59. The highest BCUT2D eigenvalue weighted by molar-refractivity contribution is 7.97. The van der Waals surface area contributed by atoms with Gasteiger partial charge in [-0.2, -0.15) is 0 Å². The summed E-state index contributed by atoms with van der Waals surface area (Å²) < 4.78 is 3.19. The van der Waals surface area contributed by atoms with Crippen molar-refractivity contribution in [2.75, 3.05) is 0 Å². The van der Waals surface area contributed by atoms with E-state index in [0.29, 0.717) is 17.8 Å². The number of non-ortho nitro benzene ring substituents is 1. The molecule has 5 atom stereocenters. The molecule has 160 valence electrons. The van der Waals surface area contributed by atoms with Gasteiger partial charge in [-0.15, -0.1) is 0 Å². The van der Waals surface area contributed by atoms with E-state index in [1.54, 1.807) is 12.1 Å². The number of benzene rings is 1. The van der Waals surface area contributed by atoms with Gasteiger partial charge in [0.05, 0.1) is 10.5 Å². The molecule has 0 spiro atoms. The molecule has 1 aromatic rings. The molecule has 2 bridgehead atoms. The Bertz CT molecular complexity index is 764. The number of hydrogen-bond acceptors (Lipinski definition) is 6. The van der Waals surface area contributed by atoms with Crippen LogP contribution in [-0.2, 0) is 4.79 Å². The van der Waals surface area contributed by atoms with Gasteiger partial charge in [-0.1, -0.05) is 6.92 Å². The molecule has 2 aliphatic carbocycles. The van der Waals surface area contributed by atoms with Crippen molar-refractivity contribution in [1.82, 2.24) is 10.0 Å². The first kappa shape index (κ1) is 22.1. The van der Waals surface area contributed by atoms with E-state index in [4.69, 9.17) is 0 Å². The minimum absolute atomic E-state index is 0.0410. The normalized spacial score (nSPS) is 31.9. The Morgan fingerprint density at radius 2 is 1.93 bits per heavy atom. The molecule has 1 aromatic carbocycles. The monoisotopic (exact) mass is 421 g/mol. The van der Waals surface area contributed by atoms with Gasteiger partial charge in [-0.25, -0.2) is 4.72 Å². The maximum Gasteiger partial charge on any atom is 0.269 e. The van der Waals surface area contributed by atoms with Gasteiger partial charge in [-0.05, 0) is 88.3 Å². The Morgan fingerprint density at radius 1 is 1.28 bits per heavy atom. The Kier molecular flexibility index (Phi) is 6.27. The third-order valence-electron chi connectivity index (χ3n) is 6.23. The fourth-order valence-corrected chi connectivity index (χ4v) is 5.65. The minimum atomic E-state index is -0.819. The van der Waals surface area contributed by atoms with Gasteiger partial charge in [0.25, 0.3) is 5.69 Å². The molecule has 0 aliphatic heterocycles. The van der Waals surface area contributed by atoms with Crippen LogP contribution in [0, 0.1) is 27.9 Å². The highest BCUT2D eigenvalue weighted by atomic mass is 32.2. The Balaban J connectivity index is 1.60. The topological polar surface area (TPSA) is 104 Å². The lowest BCUT2D eigenvalue weighted by molar-refractivity contribution is -0.384. The predicted molar refractivity (Wildman–Crippen MR) is 113 cm³/mol. The number of nitro groups is 1. The van der Waals surface area contributed by atoms with Crippen LogP contribution in [0.15, 0.2) is 29.2 Å². The number of nitrogens with zero attached hydrogens (tertiary/aromatic N) is 1. The van der Waals surface area contributed by atoms with Crippen LogP contribution in [0.2, 0.25) is 0 Å². The first-order valence-electron chi connectivity index (χ1n) is 10.2. The van der Waals surface area contributed by atoms with Crippen LogP contribution in [-0.4, -0.2) is 33.1 Å². The van der Waals surface area contributed by atoms with Crippen LogP contribution < -0.4 is 10.0 Å². The van der Waals surface area contributed by atoms with Gasteiger partial charge < -0.3 is 10.4 Å². The standard InChI is InChI=1S/C21H31N3O4S/c1-13-9-14-10-15(12-21(4,26)11-14)18(13)22-19(25)20(2,3)23-29-17-7-5-16(6-8-17)24(27)28/h5-8,13-15,18,23,26H,9-12H2,1-4H3,(H,22,25). The van der Waals surface area contributed by atoms with E-state index in [9.17, 15) is 20.0 Å². The van der Waals surface area contributed by atoms with Crippen molar-refractivity contribution in [3.63, 3.8) is 0 Å². The molecule has 29 heavy (non-hydrogen) atoms. The number of fused-ring (bicyclic) bond motifs is 2. The average molecular weight is 422 g/mol. The largest absolute Gasteiger partial charge is 0.390 e. The molecule has 0 heterocycles. The second-order valence-corrected chi connectivity index (χ2v) is 10.4. The number of nitro benzene ring substituents is 1. The van der Waals surface area contributed by atoms with Gasteiger partial charge >= 0.3 is 0 Å². The quantitative estimate of drug-likeness (QED) is 0.368. The third-order valence-corrected chi connectivity index (χ3v) is 7.35. The molecule has 2 saturated carbocycles. The van der Waals surface area contributed by atoms with Gasteiger partial charge in [-0.3, -0.25) is 14.9 Å². The van der Waals surface area contributed by atoms with E-state index in [1.165, 1.54) is 24.1 Å². The van der Waals surface area contributed by atoms with Crippen LogP contribution in [0.5, 0.6) is 0 Å². The summed E-state index contributed by atoms with van der Waals surface area (Å²) in [6, 6.07) is 6.29. The lowest BCUT2D eigenvalue weighted by atomic mass is 9.61. The highest BCUT2D eigenvalue weighted by Gasteiger charge is 2.46. The molecule has 3 N–H and O–H groups in total. The van der Waals surface area contributed by atoms with Crippen molar-refractivity contribution < 1.29 is 14.8 Å². The van der Waals surface area contributed by atoms with E-state index in [-0.39, 0.29) is 17.6 Å². The van der Waals surface area contributed by atoms with Crippen molar-refractivity contribution >= 4 is 23.5 Å². The van der Waals surface area contributed by atoms with Gasteiger partial charge in [0.15, 0.2) is 0 Å². The molecule has 7 nitrogen and oxygen atoms in total. The summed E-state index contributed by atoms with van der Waals surface area (Å²) in [6.07, 6.45) is 3.68. The number of amides is 1. The van der Waals surface area contributed by atoms with Gasteiger partial charge in [0.1, 0.15) is 5.54 Å².